The third-order valence-corrected chi connectivity index (χ3v) is 2.32. The van der Waals surface area contributed by atoms with E-state index in [0.717, 1.165) is 0 Å². The molecule has 7 nitrogen and oxygen atoms in total. The Morgan fingerprint density at radius 1 is 1.53 bits per heavy atom. The molecule has 1 aromatic carbocycles. The number of carbonyl (C=O) groups excluding carboxylic acids is 1. The number of nitrogens with one attached hydrogen (secondary N) is 1. The van der Waals surface area contributed by atoms with Crippen molar-refractivity contribution in [3.05, 3.63) is 33.9 Å². The largest absolute Gasteiger partial charge is 0.490 e. The summed E-state index contributed by atoms with van der Waals surface area (Å²) >= 11 is 0. The Balaban J connectivity index is 3.03. The van der Waals surface area contributed by atoms with Crippen LogP contribution in [0.3, 0.4) is 0 Å². The number of rotatable bonds is 5. The summed E-state index contributed by atoms with van der Waals surface area (Å²) in [5.74, 6) is -0.636. The first-order chi connectivity index (χ1) is 8.76. The molecule has 0 aliphatic rings. The number of aliphatic hydroxyl groups is 1. The van der Waals surface area contributed by atoms with Crippen LogP contribution in [-0.4, -0.2) is 35.2 Å². The number of hydrogen-bond donors (Lipinski definition) is 2. The fourth-order valence-electron chi connectivity index (χ4n) is 1.45. The molecule has 0 unspecified atom stereocenters. The maximum absolute atomic E-state index is 11.9. The Morgan fingerprint density at radius 2 is 2.16 bits per heavy atom. The van der Waals surface area contributed by atoms with Gasteiger partial charge in [-0.3, -0.25) is 14.9 Å². The third kappa shape index (κ3) is 3.92. The van der Waals surface area contributed by atoms with Crippen LogP contribution in [0.4, 0.5) is 5.69 Å². The van der Waals surface area contributed by atoms with Crippen LogP contribution in [0, 0.1) is 10.1 Å². The predicted octanol–water partition coefficient (Wildman–Crippen LogP) is 1.10. The number of nitro benzene ring substituents is 1. The van der Waals surface area contributed by atoms with Gasteiger partial charge in [0, 0.05) is 12.6 Å². The number of amides is 1. The molecule has 0 aromatic heterocycles. The van der Waals surface area contributed by atoms with Crippen LogP contribution in [0.25, 0.3) is 0 Å². The SMILES string of the molecule is COc1c(C(=O)NCC(C)(C)O)cccc1[N+](=O)[O-]. The summed E-state index contributed by atoms with van der Waals surface area (Å²) in [5, 5.41) is 22.8. The van der Waals surface area contributed by atoms with E-state index in [-0.39, 0.29) is 23.5 Å². The fourth-order valence-corrected chi connectivity index (χ4v) is 1.45. The van der Waals surface area contributed by atoms with E-state index in [2.05, 4.69) is 5.32 Å². The Hall–Kier alpha value is -2.15. The molecule has 0 atom stereocenters. The highest BCUT2D eigenvalue weighted by molar-refractivity contribution is 5.98. The minimum atomic E-state index is -1.07. The quantitative estimate of drug-likeness (QED) is 0.615. The number of carbonyl (C=O) groups is 1. The molecule has 0 spiro atoms. The number of nitro groups is 1. The van der Waals surface area contributed by atoms with Crippen molar-refractivity contribution < 1.29 is 19.6 Å². The van der Waals surface area contributed by atoms with Gasteiger partial charge in [-0.15, -0.1) is 0 Å². The zero-order valence-electron chi connectivity index (χ0n) is 11.0. The van der Waals surface area contributed by atoms with E-state index in [1.807, 2.05) is 0 Å². The molecule has 0 heterocycles. The smallest absolute Gasteiger partial charge is 0.311 e. The molecule has 0 saturated heterocycles. The van der Waals surface area contributed by atoms with Gasteiger partial charge in [0.15, 0.2) is 0 Å². The maximum Gasteiger partial charge on any atom is 0.311 e. The zero-order valence-corrected chi connectivity index (χ0v) is 11.0. The van der Waals surface area contributed by atoms with Gasteiger partial charge in [-0.05, 0) is 19.9 Å². The van der Waals surface area contributed by atoms with Gasteiger partial charge in [-0.25, -0.2) is 0 Å². The van der Waals surface area contributed by atoms with E-state index < -0.39 is 16.4 Å². The topological polar surface area (TPSA) is 102 Å². The van der Waals surface area contributed by atoms with Gasteiger partial charge >= 0.3 is 5.69 Å². The molecule has 0 aliphatic heterocycles. The molecule has 1 rings (SSSR count). The summed E-state index contributed by atoms with van der Waals surface area (Å²) in [6.45, 7) is 3.10. The first-order valence-electron chi connectivity index (χ1n) is 5.58. The molecule has 7 heteroatoms. The fraction of sp³-hybridized carbons (Fsp3) is 0.417. The third-order valence-electron chi connectivity index (χ3n) is 2.32. The first kappa shape index (κ1) is 14.9. The van der Waals surface area contributed by atoms with Gasteiger partial charge in [-0.2, -0.15) is 0 Å². The van der Waals surface area contributed by atoms with Crippen LogP contribution in [0.1, 0.15) is 24.2 Å². The summed E-state index contributed by atoms with van der Waals surface area (Å²) < 4.78 is 4.93. The van der Waals surface area contributed by atoms with Crippen LogP contribution in [0.15, 0.2) is 18.2 Å². The highest BCUT2D eigenvalue weighted by Gasteiger charge is 2.23. The number of hydrogen-bond acceptors (Lipinski definition) is 5. The van der Waals surface area contributed by atoms with Gasteiger partial charge in [0.2, 0.25) is 5.75 Å². The standard InChI is InChI=1S/C12H16N2O5/c1-12(2,16)7-13-11(15)8-5-4-6-9(14(17)18)10(8)19-3/h4-6,16H,7H2,1-3H3,(H,13,15). The monoisotopic (exact) mass is 268 g/mol. The predicted molar refractivity (Wildman–Crippen MR) is 68.3 cm³/mol. The van der Waals surface area contributed by atoms with Crippen molar-refractivity contribution in [2.75, 3.05) is 13.7 Å². The van der Waals surface area contributed by atoms with Gasteiger partial charge < -0.3 is 15.2 Å². The van der Waals surface area contributed by atoms with Crippen molar-refractivity contribution in [2.24, 2.45) is 0 Å². The molecule has 0 fully saturated rings. The van der Waals surface area contributed by atoms with Crippen molar-refractivity contribution in [3.63, 3.8) is 0 Å². The first-order valence-corrected chi connectivity index (χ1v) is 5.58. The summed E-state index contributed by atoms with van der Waals surface area (Å²) in [7, 11) is 1.26. The summed E-state index contributed by atoms with van der Waals surface area (Å²) in [4.78, 5) is 22.1. The van der Waals surface area contributed by atoms with Crippen LogP contribution in [0.5, 0.6) is 5.75 Å². The second-order valence-electron chi connectivity index (χ2n) is 4.61. The normalized spacial score (nSPS) is 10.9. The molecule has 19 heavy (non-hydrogen) atoms. The van der Waals surface area contributed by atoms with E-state index in [9.17, 15) is 20.0 Å². The molecule has 0 aliphatic carbocycles. The molecule has 1 aromatic rings. The van der Waals surface area contributed by atoms with Crippen molar-refractivity contribution in [1.82, 2.24) is 5.32 Å². The summed E-state index contributed by atoms with van der Waals surface area (Å²) in [6.07, 6.45) is 0. The molecule has 0 radical (unpaired) electrons. The molecule has 0 bridgehead atoms. The molecule has 104 valence electrons. The molecule has 1 amide bonds. The zero-order chi connectivity index (χ0) is 14.6. The van der Waals surface area contributed by atoms with Crippen LogP contribution in [0.2, 0.25) is 0 Å². The van der Waals surface area contributed by atoms with Gasteiger partial charge in [0.25, 0.3) is 5.91 Å². The average molecular weight is 268 g/mol. The molecular weight excluding hydrogens is 252 g/mol. The highest BCUT2D eigenvalue weighted by Crippen LogP contribution is 2.30. The van der Waals surface area contributed by atoms with Gasteiger partial charge in [0.1, 0.15) is 0 Å². The van der Waals surface area contributed by atoms with E-state index in [1.54, 1.807) is 0 Å². The lowest BCUT2D eigenvalue weighted by molar-refractivity contribution is -0.385. The lowest BCUT2D eigenvalue weighted by Gasteiger charge is -2.18. The molecule has 2 N–H and O–H groups in total. The molecule has 0 saturated carbocycles. The van der Waals surface area contributed by atoms with Crippen molar-refractivity contribution in [1.29, 1.82) is 0 Å². The van der Waals surface area contributed by atoms with Crippen molar-refractivity contribution in [2.45, 2.75) is 19.4 Å². The lowest BCUT2D eigenvalue weighted by Crippen LogP contribution is -2.38. The van der Waals surface area contributed by atoms with Gasteiger partial charge in [-0.1, -0.05) is 6.07 Å². The minimum Gasteiger partial charge on any atom is -0.490 e. The summed E-state index contributed by atoms with van der Waals surface area (Å²) in [5.41, 5.74) is -1.29. The minimum absolute atomic E-state index is 0.0255. The Bertz CT molecular complexity index is 493. The van der Waals surface area contributed by atoms with E-state index >= 15 is 0 Å². The maximum atomic E-state index is 11.9. The van der Waals surface area contributed by atoms with E-state index in [1.165, 1.54) is 39.2 Å². The molecular formula is C12H16N2O5. The van der Waals surface area contributed by atoms with Crippen LogP contribution < -0.4 is 10.1 Å². The number of methoxy groups -OCH3 is 1. The Labute approximate surface area is 110 Å². The van der Waals surface area contributed by atoms with Crippen LogP contribution >= 0.6 is 0 Å². The lowest BCUT2D eigenvalue weighted by atomic mass is 10.1. The number of nitrogens with zero attached hydrogens (tertiary/aromatic N) is 1. The number of ether oxygens (including phenoxy) is 1. The van der Waals surface area contributed by atoms with Crippen molar-refractivity contribution in [3.8, 4) is 5.75 Å². The second-order valence-corrected chi connectivity index (χ2v) is 4.61. The summed E-state index contributed by atoms with van der Waals surface area (Å²) in [6, 6.07) is 4.08. The number of para-hydroxylation sites is 1. The Morgan fingerprint density at radius 3 is 2.63 bits per heavy atom. The Kier molecular flexibility index (Phi) is 4.44. The van der Waals surface area contributed by atoms with Gasteiger partial charge in [0.05, 0.1) is 23.2 Å². The highest BCUT2D eigenvalue weighted by atomic mass is 16.6. The number of benzene rings is 1. The van der Waals surface area contributed by atoms with E-state index in [4.69, 9.17) is 4.74 Å². The van der Waals surface area contributed by atoms with E-state index in [0.29, 0.717) is 0 Å². The van der Waals surface area contributed by atoms with Crippen LogP contribution in [-0.2, 0) is 0 Å². The average Bonchev–Trinajstić information content (AvgIpc) is 2.33. The van der Waals surface area contributed by atoms with Crippen molar-refractivity contribution >= 4 is 11.6 Å². The second kappa shape index (κ2) is 5.66.